The van der Waals surface area contributed by atoms with Gasteiger partial charge in [0, 0.05) is 11.8 Å². The molecule has 0 aromatic heterocycles. The van der Waals surface area contributed by atoms with Crippen molar-refractivity contribution < 1.29 is 20.4 Å². The Kier molecular flexibility index (Phi) is 8.46. The predicted octanol–water partition coefficient (Wildman–Crippen LogP) is 9.65. The van der Waals surface area contributed by atoms with Gasteiger partial charge in [-0.2, -0.15) is 0 Å². The van der Waals surface area contributed by atoms with E-state index in [1.807, 2.05) is 79.7 Å². The first-order chi connectivity index (χ1) is 21.2. The van der Waals surface area contributed by atoms with E-state index in [4.69, 9.17) is 0 Å². The van der Waals surface area contributed by atoms with E-state index in [1.165, 1.54) is 0 Å². The summed E-state index contributed by atoms with van der Waals surface area (Å²) in [5.41, 5.74) is 15.1. The van der Waals surface area contributed by atoms with Crippen LogP contribution in [0.25, 0.3) is 0 Å². The molecule has 0 amide bonds. The van der Waals surface area contributed by atoms with Crippen LogP contribution in [-0.4, -0.2) is 20.4 Å². The highest BCUT2D eigenvalue weighted by Crippen LogP contribution is 2.44. The van der Waals surface area contributed by atoms with E-state index in [0.29, 0.717) is 0 Å². The first-order valence-electron chi connectivity index (χ1n) is 15.5. The summed E-state index contributed by atoms with van der Waals surface area (Å²) >= 11 is 0. The van der Waals surface area contributed by atoms with Crippen molar-refractivity contribution in [2.45, 2.75) is 74.1 Å². The molecule has 5 aromatic carbocycles. The van der Waals surface area contributed by atoms with Crippen molar-refractivity contribution in [2.75, 3.05) is 0 Å². The fraction of sp³-hybridized carbons (Fsp3) is 0.268. The molecule has 232 valence electrons. The van der Waals surface area contributed by atoms with Crippen LogP contribution in [0.5, 0.6) is 23.0 Å². The van der Waals surface area contributed by atoms with Crippen molar-refractivity contribution in [2.24, 2.45) is 0 Å². The molecule has 4 nitrogen and oxygen atoms in total. The normalized spacial score (nSPS) is 11.5. The second-order valence-electron chi connectivity index (χ2n) is 13.0. The van der Waals surface area contributed by atoms with Crippen LogP contribution in [0.4, 0.5) is 0 Å². The number of hydrogen-bond acceptors (Lipinski definition) is 4. The van der Waals surface area contributed by atoms with Crippen molar-refractivity contribution in [1.82, 2.24) is 0 Å². The van der Waals surface area contributed by atoms with Gasteiger partial charge >= 0.3 is 0 Å². The lowest BCUT2D eigenvalue weighted by atomic mass is 9.76. The summed E-state index contributed by atoms with van der Waals surface area (Å²) in [6.07, 6.45) is 0. The molecule has 4 heteroatoms. The van der Waals surface area contributed by atoms with Crippen molar-refractivity contribution in [3.63, 3.8) is 0 Å². The number of phenolic OH excluding ortho intramolecular Hbond substituents is 4. The lowest BCUT2D eigenvalue weighted by Crippen LogP contribution is -2.12. The first-order valence-corrected chi connectivity index (χ1v) is 15.5. The van der Waals surface area contributed by atoms with Crippen LogP contribution in [-0.2, 0) is 0 Å². The number of rotatable bonds is 6. The van der Waals surface area contributed by atoms with E-state index in [9.17, 15) is 20.4 Å². The molecule has 0 saturated heterocycles. The first kappa shape index (κ1) is 31.7. The number of benzene rings is 5. The highest BCUT2D eigenvalue weighted by molar-refractivity contribution is 5.59. The summed E-state index contributed by atoms with van der Waals surface area (Å²) in [4.78, 5) is 0. The molecule has 0 atom stereocenters. The molecule has 0 aliphatic carbocycles. The number of hydrogen-bond donors (Lipinski definition) is 4. The molecule has 0 heterocycles. The maximum Gasteiger partial charge on any atom is 0.118 e. The van der Waals surface area contributed by atoms with Gasteiger partial charge in [0.05, 0.1) is 0 Å². The Bertz CT molecular complexity index is 1830. The minimum atomic E-state index is -0.120. The summed E-state index contributed by atoms with van der Waals surface area (Å²) in [5, 5.41) is 42.0. The molecule has 0 radical (unpaired) electrons. The Balaban J connectivity index is 1.77. The van der Waals surface area contributed by atoms with Crippen LogP contribution < -0.4 is 0 Å². The largest absolute Gasteiger partial charge is 0.508 e. The van der Waals surface area contributed by atoms with Gasteiger partial charge in [-0.05, 0) is 170 Å². The minimum Gasteiger partial charge on any atom is -0.508 e. The molecule has 0 spiro atoms. The van der Waals surface area contributed by atoms with Crippen molar-refractivity contribution >= 4 is 0 Å². The Labute approximate surface area is 267 Å². The number of aryl methyl sites for hydroxylation is 9. The molecular formula is C41H44O4. The highest BCUT2D eigenvalue weighted by atomic mass is 16.3. The molecule has 0 aliphatic heterocycles. The predicted molar refractivity (Wildman–Crippen MR) is 183 cm³/mol. The van der Waals surface area contributed by atoms with Crippen molar-refractivity contribution in [3.8, 4) is 23.0 Å². The summed E-state index contributed by atoms with van der Waals surface area (Å²) in [5.74, 6) is 0.881. The summed E-state index contributed by atoms with van der Waals surface area (Å²) in [6, 6.07) is 22.4. The second-order valence-corrected chi connectivity index (χ2v) is 13.0. The maximum absolute atomic E-state index is 10.5. The average Bonchev–Trinajstić information content (AvgIpc) is 2.96. The van der Waals surface area contributed by atoms with Gasteiger partial charge in [0.15, 0.2) is 0 Å². The molecule has 0 bridgehead atoms. The SMILES string of the molecule is Cc1cc(C(c2ccc(C(c3cc(C)c(O)cc3C)c3cc(C)c(O)cc3C)c(C)c2)c2cc(C)c(O)cc2C)c(C)cc1O. The van der Waals surface area contributed by atoms with Gasteiger partial charge in [-0.1, -0.05) is 42.5 Å². The third kappa shape index (κ3) is 5.90. The average molecular weight is 601 g/mol. The van der Waals surface area contributed by atoms with Gasteiger partial charge in [0.1, 0.15) is 23.0 Å². The topological polar surface area (TPSA) is 80.9 Å². The molecule has 5 rings (SSSR count). The fourth-order valence-electron chi connectivity index (χ4n) is 6.77. The molecular weight excluding hydrogens is 556 g/mol. The Morgan fingerprint density at radius 2 is 0.600 bits per heavy atom. The van der Waals surface area contributed by atoms with E-state index in [1.54, 1.807) is 0 Å². The Morgan fingerprint density at radius 1 is 0.311 bits per heavy atom. The molecule has 5 aromatic rings. The second kappa shape index (κ2) is 12.0. The van der Waals surface area contributed by atoms with E-state index in [2.05, 4.69) is 49.4 Å². The monoisotopic (exact) mass is 600 g/mol. The van der Waals surface area contributed by atoms with Gasteiger partial charge in [-0.15, -0.1) is 0 Å². The van der Waals surface area contributed by atoms with Crippen LogP contribution in [0.1, 0.15) is 95.3 Å². The van der Waals surface area contributed by atoms with Gasteiger partial charge in [0.25, 0.3) is 0 Å². The Hall–Kier alpha value is -4.70. The van der Waals surface area contributed by atoms with Crippen LogP contribution >= 0.6 is 0 Å². The maximum atomic E-state index is 10.5. The minimum absolute atomic E-state index is 0.119. The van der Waals surface area contributed by atoms with Crippen LogP contribution in [0, 0.1) is 62.3 Å². The van der Waals surface area contributed by atoms with Crippen LogP contribution in [0.3, 0.4) is 0 Å². The van der Waals surface area contributed by atoms with Gasteiger partial charge < -0.3 is 20.4 Å². The van der Waals surface area contributed by atoms with Gasteiger partial charge in [-0.3, -0.25) is 0 Å². The zero-order chi connectivity index (χ0) is 32.9. The quantitative estimate of drug-likeness (QED) is 0.146. The summed E-state index contributed by atoms with van der Waals surface area (Å²) in [7, 11) is 0. The molecule has 0 unspecified atom stereocenters. The molecule has 4 N–H and O–H groups in total. The molecule has 0 fully saturated rings. The zero-order valence-electron chi connectivity index (χ0n) is 27.8. The van der Waals surface area contributed by atoms with E-state index >= 15 is 0 Å². The summed E-state index contributed by atoms with van der Waals surface area (Å²) < 4.78 is 0. The molecule has 0 saturated carbocycles. The zero-order valence-corrected chi connectivity index (χ0v) is 27.8. The molecule has 0 aliphatic rings. The smallest absolute Gasteiger partial charge is 0.118 e. The molecule has 45 heavy (non-hydrogen) atoms. The van der Waals surface area contributed by atoms with E-state index in [0.717, 1.165) is 83.5 Å². The summed E-state index contributed by atoms with van der Waals surface area (Å²) in [6.45, 7) is 18.0. The Morgan fingerprint density at radius 3 is 0.911 bits per heavy atom. The van der Waals surface area contributed by atoms with E-state index in [-0.39, 0.29) is 34.8 Å². The van der Waals surface area contributed by atoms with Crippen LogP contribution in [0.2, 0.25) is 0 Å². The fourth-order valence-corrected chi connectivity index (χ4v) is 6.77. The van der Waals surface area contributed by atoms with Crippen LogP contribution in [0.15, 0.2) is 66.7 Å². The third-order valence-electron chi connectivity index (χ3n) is 9.52. The van der Waals surface area contributed by atoms with Gasteiger partial charge in [-0.25, -0.2) is 0 Å². The number of phenols is 4. The number of aromatic hydroxyl groups is 4. The lowest BCUT2D eigenvalue weighted by molar-refractivity contribution is 0.469. The lowest BCUT2D eigenvalue weighted by Gasteiger charge is -2.28. The van der Waals surface area contributed by atoms with Crippen molar-refractivity contribution in [1.29, 1.82) is 0 Å². The van der Waals surface area contributed by atoms with Crippen molar-refractivity contribution in [3.05, 3.63) is 150 Å². The standard InChI is InChI=1S/C41H44O4/c1-21-12-30(40(32-13-26(6)36(42)17-22(32)2)33-14-27(7)37(43)18-23(33)3)10-11-31(21)41(34-15-28(8)38(44)19-24(34)4)35-16-29(9)39(45)20-25(35)5/h10-20,40-45H,1-9H3. The third-order valence-corrected chi connectivity index (χ3v) is 9.52. The van der Waals surface area contributed by atoms with E-state index < -0.39 is 0 Å². The highest BCUT2D eigenvalue weighted by Gasteiger charge is 2.27. The van der Waals surface area contributed by atoms with Gasteiger partial charge in [0.2, 0.25) is 0 Å².